The number of nitrogens with two attached hydrogens (primary N) is 1. The number of benzene rings is 1. The number of hydrogen-bond donors (Lipinski definition) is 1. The van der Waals surface area contributed by atoms with Crippen LogP contribution in [0.25, 0.3) is 11.3 Å². The highest BCUT2D eigenvalue weighted by atomic mass is 32.1. The Bertz CT molecular complexity index is 529. The molecule has 0 unspecified atom stereocenters. The summed E-state index contributed by atoms with van der Waals surface area (Å²) < 4.78 is 0. The zero-order chi connectivity index (χ0) is 12.4. The van der Waals surface area contributed by atoms with Crippen molar-refractivity contribution < 1.29 is 0 Å². The zero-order valence-electron chi connectivity index (χ0n) is 10.6. The Morgan fingerprint density at radius 2 is 2.00 bits per heavy atom. The van der Waals surface area contributed by atoms with Crippen molar-refractivity contribution in [2.24, 2.45) is 5.73 Å². The normalized spacial score (nSPS) is 10.8. The summed E-state index contributed by atoms with van der Waals surface area (Å²) in [5.41, 5.74) is 10.6. The van der Waals surface area contributed by atoms with E-state index < -0.39 is 0 Å². The van der Waals surface area contributed by atoms with Gasteiger partial charge in [0.2, 0.25) is 0 Å². The third-order valence-electron chi connectivity index (χ3n) is 2.82. The highest BCUT2D eigenvalue weighted by Crippen LogP contribution is 2.31. The van der Waals surface area contributed by atoms with Crippen LogP contribution in [0, 0.1) is 20.8 Å². The van der Waals surface area contributed by atoms with Gasteiger partial charge in [-0.2, -0.15) is 0 Å². The molecule has 2 aromatic rings. The van der Waals surface area contributed by atoms with Gasteiger partial charge in [-0.05, 0) is 45.4 Å². The first kappa shape index (κ1) is 12.3. The molecule has 3 heteroatoms. The van der Waals surface area contributed by atoms with Crippen molar-refractivity contribution in [3.05, 3.63) is 39.2 Å². The number of nitrogens with zero attached hydrogens (tertiary/aromatic N) is 1. The number of aryl methyl sites for hydroxylation is 3. The predicted molar refractivity (Wildman–Crippen MR) is 74.5 cm³/mol. The Kier molecular flexibility index (Phi) is 3.60. The van der Waals surface area contributed by atoms with Crippen LogP contribution in [0.4, 0.5) is 0 Å². The topological polar surface area (TPSA) is 38.9 Å². The van der Waals surface area contributed by atoms with Gasteiger partial charge < -0.3 is 5.73 Å². The molecule has 1 heterocycles. The average molecular weight is 246 g/mol. The van der Waals surface area contributed by atoms with Gasteiger partial charge in [0.25, 0.3) is 0 Å². The monoisotopic (exact) mass is 246 g/mol. The van der Waals surface area contributed by atoms with E-state index in [1.807, 2.05) is 0 Å². The molecular formula is C14H18N2S. The molecule has 1 aromatic carbocycles. The van der Waals surface area contributed by atoms with Gasteiger partial charge in [0, 0.05) is 10.4 Å². The fraction of sp³-hybridized carbons (Fsp3) is 0.357. The maximum absolute atomic E-state index is 5.66. The first-order chi connectivity index (χ1) is 8.11. The average Bonchev–Trinajstić information content (AvgIpc) is 2.64. The molecule has 0 aliphatic heterocycles. The minimum atomic E-state index is 0.680. The summed E-state index contributed by atoms with van der Waals surface area (Å²) in [5.74, 6) is 0. The van der Waals surface area contributed by atoms with Gasteiger partial charge in [0.15, 0.2) is 0 Å². The first-order valence-corrected chi connectivity index (χ1v) is 6.67. The SMILES string of the molecule is Cc1ccc(C)c(-c2nc(C)sc2CCN)c1. The fourth-order valence-electron chi connectivity index (χ4n) is 1.97. The van der Waals surface area contributed by atoms with Crippen molar-refractivity contribution >= 4 is 11.3 Å². The van der Waals surface area contributed by atoms with Crippen LogP contribution in [0.5, 0.6) is 0 Å². The second-order valence-corrected chi connectivity index (χ2v) is 5.65. The molecule has 0 atom stereocenters. The van der Waals surface area contributed by atoms with Gasteiger partial charge in [-0.15, -0.1) is 11.3 Å². The van der Waals surface area contributed by atoms with E-state index in [2.05, 4.69) is 44.0 Å². The van der Waals surface area contributed by atoms with E-state index in [1.54, 1.807) is 11.3 Å². The molecule has 1 aromatic heterocycles. The third-order valence-corrected chi connectivity index (χ3v) is 3.85. The summed E-state index contributed by atoms with van der Waals surface area (Å²) in [6.07, 6.45) is 0.911. The highest BCUT2D eigenvalue weighted by molar-refractivity contribution is 7.12. The summed E-state index contributed by atoms with van der Waals surface area (Å²) in [7, 11) is 0. The molecule has 0 saturated carbocycles. The summed E-state index contributed by atoms with van der Waals surface area (Å²) >= 11 is 1.76. The molecule has 0 radical (unpaired) electrons. The van der Waals surface area contributed by atoms with E-state index >= 15 is 0 Å². The van der Waals surface area contributed by atoms with Gasteiger partial charge >= 0.3 is 0 Å². The molecule has 17 heavy (non-hydrogen) atoms. The lowest BCUT2D eigenvalue weighted by molar-refractivity contribution is 0.985. The minimum absolute atomic E-state index is 0.680. The van der Waals surface area contributed by atoms with E-state index in [1.165, 1.54) is 21.6 Å². The summed E-state index contributed by atoms with van der Waals surface area (Å²) in [6, 6.07) is 6.51. The summed E-state index contributed by atoms with van der Waals surface area (Å²) in [4.78, 5) is 5.97. The van der Waals surface area contributed by atoms with Crippen LogP contribution in [-0.4, -0.2) is 11.5 Å². The number of rotatable bonds is 3. The second kappa shape index (κ2) is 4.98. The lowest BCUT2D eigenvalue weighted by atomic mass is 10.0. The van der Waals surface area contributed by atoms with Gasteiger partial charge in [0.05, 0.1) is 10.7 Å². The second-order valence-electron chi connectivity index (χ2n) is 4.36. The number of hydrogen-bond acceptors (Lipinski definition) is 3. The van der Waals surface area contributed by atoms with Gasteiger partial charge in [-0.1, -0.05) is 17.7 Å². The Morgan fingerprint density at radius 1 is 1.24 bits per heavy atom. The summed E-state index contributed by atoms with van der Waals surface area (Å²) in [5, 5.41) is 1.12. The molecule has 0 spiro atoms. The molecule has 0 fully saturated rings. The third kappa shape index (κ3) is 2.56. The van der Waals surface area contributed by atoms with E-state index in [0.717, 1.165) is 17.1 Å². The molecule has 2 rings (SSSR count). The van der Waals surface area contributed by atoms with Crippen LogP contribution in [0.1, 0.15) is 21.0 Å². The lowest BCUT2D eigenvalue weighted by Crippen LogP contribution is -2.02. The van der Waals surface area contributed by atoms with Crippen molar-refractivity contribution in [1.82, 2.24) is 4.98 Å². The molecular weight excluding hydrogens is 228 g/mol. The molecule has 0 aliphatic carbocycles. The Balaban J connectivity index is 2.55. The zero-order valence-corrected chi connectivity index (χ0v) is 11.4. The van der Waals surface area contributed by atoms with Gasteiger partial charge in [-0.3, -0.25) is 0 Å². The first-order valence-electron chi connectivity index (χ1n) is 5.86. The predicted octanol–water partition coefficient (Wildman–Crippen LogP) is 3.24. The fourth-order valence-corrected chi connectivity index (χ4v) is 2.94. The Hall–Kier alpha value is -1.19. The van der Waals surface area contributed by atoms with E-state index in [9.17, 15) is 0 Å². The molecule has 90 valence electrons. The van der Waals surface area contributed by atoms with Crippen molar-refractivity contribution in [1.29, 1.82) is 0 Å². The van der Waals surface area contributed by atoms with Crippen molar-refractivity contribution in [3.8, 4) is 11.3 Å². The highest BCUT2D eigenvalue weighted by Gasteiger charge is 2.12. The Labute approximate surface area is 107 Å². The molecule has 2 N–H and O–H groups in total. The molecule has 0 amide bonds. The van der Waals surface area contributed by atoms with Gasteiger partial charge in [-0.25, -0.2) is 4.98 Å². The maximum Gasteiger partial charge on any atom is 0.0904 e. The largest absolute Gasteiger partial charge is 0.330 e. The number of thiazole rings is 1. The molecule has 2 nitrogen and oxygen atoms in total. The van der Waals surface area contributed by atoms with Crippen molar-refractivity contribution in [3.63, 3.8) is 0 Å². The van der Waals surface area contributed by atoms with Crippen LogP contribution < -0.4 is 5.73 Å². The van der Waals surface area contributed by atoms with E-state index in [0.29, 0.717) is 6.54 Å². The molecule has 0 saturated heterocycles. The standard InChI is InChI=1S/C14H18N2S/c1-9-4-5-10(2)12(8-9)14-13(6-7-15)17-11(3)16-14/h4-5,8H,6-7,15H2,1-3H3. The Morgan fingerprint density at radius 3 is 2.71 bits per heavy atom. The van der Waals surface area contributed by atoms with Crippen LogP contribution >= 0.6 is 11.3 Å². The van der Waals surface area contributed by atoms with E-state index in [4.69, 9.17) is 5.73 Å². The van der Waals surface area contributed by atoms with Gasteiger partial charge in [0.1, 0.15) is 0 Å². The molecule has 0 aliphatic rings. The smallest absolute Gasteiger partial charge is 0.0904 e. The van der Waals surface area contributed by atoms with Crippen LogP contribution in [0.3, 0.4) is 0 Å². The van der Waals surface area contributed by atoms with Crippen LogP contribution in [-0.2, 0) is 6.42 Å². The number of aromatic nitrogens is 1. The van der Waals surface area contributed by atoms with Crippen molar-refractivity contribution in [2.75, 3.05) is 6.54 Å². The summed E-state index contributed by atoms with van der Waals surface area (Å²) in [6.45, 7) is 6.99. The maximum atomic E-state index is 5.66. The van der Waals surface area contributed by atoms with Crippen LogP contribution in [0.2, 0.25) is 0 Å². The van der Waals surface area contributed by atoms with Crippen molar-refractivity contribution in [2.45, 2.75) is 27.2 Å². The van der Waals surface area contributed by atoms with E-state index in [-0.39, 0.29) is 0 Å². The quantitative estimate of drug-likeness (QED) is 0.903. The van der Waals surface area contributed by atoms with Crippen LogP contribution in [0.15, 0.2) is 18.2 Å². The minimum Gasteiger partial charge on any atom is -0.330 e. The lowest BCUT2D eigenvalue weighted by Gasteiger charge is -2.06. The molecule has 0 bridgehead atoms.